The van der Waals surface area contributed by atoms with Gasteiger partial charge < -0.3 is 20.1 Å². The molecule has 0 unspecified atom stereocenters. The highest BCUT2D eigenvalue weighted by Crippen LogP contribution is 2.29. The van der Waals surface area contributed by atoms with E-state index in [0.29, 0.717) is 29.5 Å². The Bertz CT molecular complexity index is 1130. The Labute approximate surface area is 213 Å². The summed E-state index contributed by atoms with van der Waals surface area (Å²) in [6, 6.07) is 6.01. The van der Waals surface area contributed by atoms with Gasteiger partial charge in [0.25, 0.3) is 5.91 Å². The maximum Gasteiger partial charge on any atom is 0.348 e. The van der Waals surface area contributed by atoms with E-state index >= 15 is 0 Å². The van der Waals surface area contributed by atoms with Gasteiger partial charge >= 0.3 is 5.97 Å². The van der Waals surface area contributed by atoms with Gasteiger partial charge in [0.05, 0.1) is 40.8 Å². The fourth-order valence-electron chi connectivity index (χ4n) is 2.60. The molecule has 1 aliphatic heterocycles. The summed E-state index contributed by atoms with van der Waals surface area (Å²) in [5, 5.41) is 12.5. The van der Waals surface area contributed by atoms with Crippen LogP contribution >= 0.6 is 34.5 Å². The predicted octanol–water partition coefficient (Wildman–Crippen LogP) is 5.27. The summed E-state index contributed by atoms with van der Waals surface area (Å²) >= 11 is 12.8. The molecule has 10 heteroatoms. The molecule has 1 fully saturated rings. The van der Waals surface area contributed by atoms with Crippen LogP contribution in [0.1, 0.15) is 52.1 Å². The standard InChI is InChI=1S/C18H15Cl2NO3S.C6H11NO2/c1-18(2,3)7-6-11-9-14(15(25-11)17(23)24)21-16(22)12-5-4-10(19)8-13(12)20;1-7-3-5-9-4-2-6(7)8/h4-5,8-9H,1-3H3,(H,21,22)(H,23,24);2-5H2,1H3. The molecule has 1 aliphatic rings. The maximum atomic E-state index is 12.4. The molecule has 0 spiro atoms. The molecule has 0 radical (unpaired) electrons. The molecule has 0 aliphatic carbocycles. The van der Waals surface area contributed by atoms with E-state index in [1.807, 2.05) is 20.8 Å². The molecule has 0 atom stereocenters. The van der Waals surface area contributed by atoms with Crippen LogP contribution in [0.4, 0.5) is 5.69 Å². The minimum atomic E-state index is -1.13. The molecule has 0 saturated carbocycles. The first kappa shape index (κ1) is 27.7. The lowest BCUT2D eigenvalue weighted by atomic mass is 9.98. The molecule has 34 heavy (non-hydrogen) atoms. The summed E-state index contributed by atoms with van der Waals surface area (Å²) in [6.45, 7) is 7.87. The van der Waals surface area contributed by atoms with Gasteiger partial charge in [-0.1, -0.05) is 35.0 Å². The average Bonchev–Trinajstić information content (AvgIpc) is 3.05. The number of rotatable bonds is 3. The van der Waals surface area contributed by atoms with Gasteiger partial charge in [0.15, 0.2) is 0 Å². The largest absolute Gasteiger partial charge is 0.477 e. The minimum Gasteiger partial charge on any atom is -0.477 e. The summed E-state index contributed by atoms with van der Waals surface area (Å²) in [4.78, 5) is 36.9. The number of carbonyl (C=O) groups excluding carboxylic acids is 2. The lowest BCUT2D eigenvalue weighted by molar-refractivity contribution is -0.129. The molecule has 1 saturated heterocycles. The number of halogens is 2. The third-order valence-corrected chi connectivity index (χ3v) is 5.95. The highest BCUT2D eigenvalue weighted by atomic mass is 35.5. The number of likely N-dealkylation sites (N-methyl/N-ethyl adjacent to an activating group) is 1. The number of ether oxygens (including phenoxy) is 1. The second kappa shape index (κ2) is 12.2. The molecule has 1 aromatic heterocycles. The number of thiophene rings is 1. The molecule has 7 nitrogen and oxygen atoms in total. The first-order chi connectivity index (χ1) is 15.9. The van der Waals surface area contributed by atoms with E-state index in [2.05, 4.69) is 17.2 Å². The molecule has 2 aromatic rings. The molecule has 2 amide bonds. The van der Waals surface area contributed by atoms with E-state index in [9.17, 15) is 19.5 Å². The highest BCUT2D eigenvalue weighted by molar-refractivity contribution is 7.15. The maximum absolute atomic E-state index is 12.4. The summed E-state index contributed by atoms with van der Waals surface area (Å²) in [6.07, 6.45) is 0.538. The highest BCUT2D eigenvalue weighted by Gasteiger charge is 2.19. The van der Waals surface area contributed by atoms with Crippen LogP contribution in [0.15, 0.2) is 24.3 Å². The Morgan fingerprint density at radius 3 is 2.53 bits per heavy atom. The second-order valence-electron chi connectivity index (χ2n) is 8.41. The van der Waals surface area contributed by atoms with Crippen molar-refractivity contribution in [3.8, 4) is 11.8 Å². The van der Waals surface area contributed by atoms with Crippen LogP contribution in [-0.2, 0) is 9.53 Å². The zero-order valence-corrected chi connectivity index (χ0v) is 21.7. The van der Waals surface area contributed by atoms with Crippen molar-refractivity contribution in [3.63, 3.8) is 0 Å². The zero-order chi connectivity index (χ0) is 25.5. The van der Waals surface area contributed by atoms with Crippen molar-refractivity contribution in [2.24, 2.45) is 5.41 Å². The molecular weight excluding hydrogens is 499 g/mol. The lowest BCUT2D eigenvalue weighted by Gasteiger charge is -2.10. The van der Waals surface area contributed by atoms with E-state index in [1.165, 1.54) is 18.2 Å². The number of hydrogen-bond donors (Lipinski definition) is 2. The number of carbonyl (C=O) groups is 3. The number of nitrogens with one attached hydrogen (secondary N) is 1. The summed E-state index contributed by atoms with van der Waals surface area (Å²) < 4.78 is 5.07. The van der Waals surface area contributed by atoms with E-state index in [1.54, 1.807) is 18.0 Å². The first-order valence-electron chi connectivity index (χ1n) is 10.4. The van der Waals surface area contributed by atoms with E-state index < -0.39 is 11.9 Å². The number of carboxylic acids is 1. The topological polar surface area (TPSA) is 95.9 Å². The van der Waals surface area contributed by atoms with E-state index in [4.69, 9.17) is 27.9 Å². The Morgan fingerprint density at radius 2 is 1.91 bits per heavy atom. The van der Waals surface area contributed by atoms with Gasteiger partial charge in [0, 0.05) is 24.0 Å². The lowest BCUT2D eigenvalue weighted by Crippen LogP contribution is -2.26. The van der Waals surface area contributed by atoms with Gasteiger partial charge in [-0.25, -0.2) is 4.79 Å². The van der Waals surface area contributed by atoms with Crippen LogP contribution < -0.4 is 5.32 Å². The Morgan fingerprint density at radius 1 is 1.21 bits per heavy atom. The smallest absolute Gasteiger partial charge is 0.348 e. The number of carboxylic acid groups (broad SMARTS) is 1. The van der Waals surface area contributed by atoms with Crippen LogP contribution in [0, 0.1) is 17.3 Å². The minimum absolute atomic E-state index is 0.0108. The molecular formula is C24H26Cl2N2O5S. The van der Waals surface area contributed by atoms with E-state index in [-0.39, 0.29) is 32.5 Å². The fraction of sp³-hybridized carbons (Fsp3) is 0.375. The third kappa shape index (κ3) is 8.65. The Kier molecular flexibility index (Phi) is 9.95. The van der Waals surface area contributed by atoms with Crippen molar-refractivity contribution in [2.75, 3.05) is 32.1 Å². The molecule has 1 aromatic carbocycles. The fourth-order valence-corrected chi connectivity index (χ4v) is 3.90. The van der Waals surface area contributed by atoms with Crippen molar-refractivity contribution in [2.45, 2.75) is 27.2 Å². The zero-order valence-electron chi connectivity index (χ0n) is 19.3. The van der Waals surface area contributed by atoms with Crippen LogP contribution in [0.2, 0.25) is 10.0 Å². The van der Waals surface area contributed by atoms with Crippen LogP contribution in [0.25, 0.3) is 0 Å². The van der Waals surface area contributed by atoms with Crippen molar-refractivity contribution in [3.05, 3.63) is 49.6 Å². The van der Waals surface area contributed by atoms with Crippen LogP contribution in [-0.4, -0.2) is 54.6 Å². The van der Waals surface area contributed by atoms with Crippen LogP contribution in [0.5, 0.6) is 0 Å². The van der Waals surface area contributed by atoms with E-state index in [0.717, 1.165) is 17.9 Å². The van der Waals surface area contributed by atoms with Gasteiger partial charge in [0.2, 0.25) is 5.91 Å². The van der Waals surface area contributed by atoms with Crippen molar-refractivity contribution in [1.82, 2.24) is 4.90 Å². The number of hydrogen-bond acceptors (Lipinski definition) is 5. The summed E-state index contributed by atoms with van der Waals surface area (Å²) in [5.74, 6) is 4.52. The van der Waals surface area contributed by atoms with Crippen LogP contribution in [0.3, 0.4) is 0 Å². The molecule has 3 rings (SSSR count). The van der Waals surface area contributed by atoms with Gasteiger partial charge in [-0.15, -0.1) is 11.3 Å². The molecule has 182 valence electrons. The van der Waals surface area contributed by atoms with Gasteiger partial charge in [-0.3, -0.25) is 9.59 Å². The monoisotopic (exact) mass is 524 g/mol. The first-order valence-corrected chi connectivity index (χ1v) is 11.9. The molecule has 0 bridgehead atoms. The predicted molar refractivity (Wildman–Crippen MR) is 135 cm³/mol. The normalized spacial score (nSPS) is 13.7. The summed E-state index contributed by atoms with van der Waals surface area (Å²) in [5.41, 5.74) is 0.177. The van der Waals surface area contributed by atoms with Crippen molar-refractivity contribution < 1.29 is 24.2 Å². The number of amides is 2. The molecule has 2 heterocycles. The quantitative estimate of drug-likeness (QED) is 0.533. The Hall–Kier alpha value is -2.57. The Balaban J connectivity index is 0.000000379. The average molecular weight is 525 g/mol. The van der Waals surface area contributed by atoms with Crippen molar-refractivity contribution in [1.29, 1.82) is 0 Å². The number of nitrogens with zero attached hydrogens (tertiary/aromatic N) is 1. The second-order valence-corrected chi connectivity index (χ2v) is 10.3. The SMILES string of the molecule is CC(C)(C)C#Cc1cc(NC(=O)c2ccc(Cl)cc2Cl)c(C(=O)O)s1.CN1CCOCCC1=O. The van der Waals surface area contributed by atoms with Gasteiger partial charge in [-0.2, -0.15) is 0 Å². The van der Waals surface area contributed by atoms with Crippen molar-refractivity contribution >= 4 is 58.0 Å². The van der Waals surface area contributed by atoms with Gasteiger partial charge in [-0.05, 0) is 45.0 Å². The number of anilines is 1. The molecule has 2 N–H and O–H groups in total. The number of benzene rings is 1. The number of aromatic carboxylic acids is 1. The summed E-state index contributed by atoms with van der Waals surface area (Å²) in [7, 11) is 1.80. The third-order valence-electron chi connectivity index (χ3n) is 4.37. The van der Waals surface area contributed by atoms with Gasteiger partial charge in [0.1, 0.15) is 4.88 Å².